The van der Waals surface area contributed by atoms with E-state index in [0.717, 1.165) is 27.8 Å². The first-order valence-electron chi connectivity index (χ1n) is 8.98. The zero-order valence-electron chi connectivity index (χ0n) is 15.7. The average Bonchev–Trinajstić information content (AvgIpc) is 3.17. The van der Waals surface area contributed by atoms with Gasteiger partial charge >= 0.3 is 0 Å². The third-order valence-electron chi connectivity index (χ3n) is 4.20. The van der Waals surface area contributed by atoms with Gasteiger partial charge in [0, 0.05) is 18.4 Å². The lowest BCUT2D eigenvalue weighted by Crippen LogP contribution is -2.17. The minimum atomic E-state index is -0.272. The van der Waals surface area contributed by atoms with E-state index >= 15 is 0 Å². The van der Waals surface area contributed by atoms with Crippen molar-refractivity contribution in [2.24, 2.45) is 12.1 Å². The Balaban J connectivity index is 1.31. The number of amides is 1. The molecule has 0 atom stereocenters. The number of benzene rings is 2. The number of hydrogen-bond donors (Lipinski definition) is 1. The molecule has 148 valence electrons. The summed E-state index contributed by atoms with van der Waals surface area (Å²) >= 11 is 1.59. The average molecular weight is 409 g/mol. The number of aryl methyl sites for hydroxylation is 1. The van der Waals surface area contributed by atoms with Gasteiger partial charge in [-0.3, -0.25) is 4.79 Å². The number of aromatic nitrogens is 3. The first-order valence-corrected chi connectivity index (χ1v) is 9.96. The second-order valence-electron chi connectivity index (χ2n) is 6.31. The lowest BCUT2D eigenvalue weighted by molar-refractivity contribution is 0.0955. The van der Waals surface area contributed by atoms with Gasteiger partial charge in [-0.1, -0.05) is 23.9 Å². The van der Waals surface area contributed by atoms with E-state index in [1.807, 2.05) is 41.9 Å². The Morgan fingerprint density at radius 2 is 2.00 bits per heavy atom. The minimum absolute atomic E-state index is 0.272. The topological polar surface area (TPSA) is 90.6 Å². The van der Waals surface area contributed by atoms with E-state index in [4.69, 9.17) is 9.47 Å². The third kappa shape index (κ3) is 4.75. The van der Waals surface area contributed by atoms with Crippen LogP contribution in [0.2, 0.25) is 0 Å². The van der Waals surface area contributed by atoms with Crippen LogP contribution in [0, 0.1) is 0 Å². The summed E-state index contributed by atoms with van der Waals surface area (Å²) in [5, 5.41) is 12.8. The van der Waals surface area contributed by atoms with Gasteiger partial charge in [0.1, 0.15) is 19.5 Å². The van der Waals surface area contributed by atoms with Crippen LogP contribution in [-0.2, 0) is 12.8 Å². The Kier molecular flexibility index (Phi) is 5.76. The summed E-state index contributed by atoms with van der Waals surface area (Å²) in [6.07, 6.45) is 3.24. The Hall–Kier alpha value is -3.33. The fraction of sp³-hybridized carbons (Fsp3) is 0.200. The molecule has 29 heavy (non-hydrogen) atoms. The van der Waals surface area contributed by atoms with E-state index in [1.54, 1.807) is 36.4 Å². The van der Waals surface area contributed by atoms with Gasteiger partial charge in [-0.25, -0.2) is 5.43 Å². The highest BCUT2D eigenvalue weighted by Crippen LogP contribution is 2.30. The van der Waals surface area contributed by atoms with Crippen LogP contribution in [0.5, 0.6) is 11.5 Å². The van der Waals surface area contributed by atoms with Gasteiger partial charge in [0.15, 0.2) is 16.7 Å². The number of ether oxygens (including phenoxy) is 2. The SMILES string of the molecule is Cn1cnnc1SCc1ccc(C(=O)N/N=C/c2ccc3c(c2)OCCO3)cc1. The summed E-state index contributed by atoms with van der Waals surface area (Å²) in [5.41, 5.74) is 4.98. The van der Waals surface area contributed by atoms with Crippen molar-refractivity contribution >= 4 is 23.9 Å². The quantitative estimate of drug-likeness (QED) is 0.382. The standard InChI is InChI=1S/C20H19N5O3S/c1-25-13-22-24-20(25)29-12-14-2-5-16(6-3-14)19(26)23-21-11-15-4-7-17-18(10-15)28-9-8-27-17/h2-7,10-11,13H,8-9,12H2,1H3,(H,23,26)/b21-11+. The maximum Gasteiger partial charge on any atom is 0.271 e. The summed E-state index contributed by atoms with van der Waals surface area (Å²) in [5.74, 6) is 1.87. The molecule has 3 aromatic rings. The molecular weight excluding hydrogens is 390 g/mol. The van der Waals surface area contributed by atoms with Crippen LogP contribution in [0.15, 0.2) is 59.0 Å². The Labute approximate surface area is 171 Å². The molecule has 9 heteroatoms. The molecule has 2 heterocycles. The smallest absolute Gasteiger partial charge is 0.271 e. The molecule has 0 unspecified atom stereocenters. The van der Waals surface area contributed by atoms with Crippen LogP contribution in [0.25, 0.3) is 0 Å². The van der Waals surface area contributed by atoms with Crippen LogP contribution < -0.4 is 14.9 Å². The first kappa shape index (κ1) is 19.0. The number of rotatable bonds is 6. The second kappa shape index (κ2) is 8.78. The van der Waals surface area contributed by atoms with Gasteiger partial charge in [0.25, 0.3) is 5.91 Å². The van der Waals surface area contributed by atoms with E-state index in [-0.39, 0.29) is 5.91 Å². The van der Waals surface area contributed by atoms with Crippen molar-refractivity contribution in [2.75, 3.05) is 13.2 Å². The van der Waals surface area contributed by atoms with Crippen molar-refractivity contribution in [3.8, 4) is 11.5 Å². The molecule has 0 fully saturated rings. The largest absolute Gasteiger partial charge is 0.486 e. The lowest BCUT2D eigenvalue weighted by atomic mass is 10.1. The summed E-state index contributed by atoms with van der Waals surface area (Å²) in [7, 11) is 1.90. The van der Waals surface area contributed by atoms with Gasteiger partial charge < -0.3 is 14.0 Å². The molecule has 1 aromatic heterocycles. The van der Waals surface area contributed by atoms with Gasteiger partial charge in [-0.2, -0.15) is 5.10 Å². The van der Waals surface area contributed by atoms with E-state index in [9.17, 15) is 4.79 Å². The number of fused-ring (bicyclic) bond motifs is 1. The maximum atomic E-state index is 12.3. The van der Waals surface area contributed by atoms with Crippen LogP contribution in [0.4, 0.5) is 0 Å². The number of hydrazone groups is 1. The summed E-state index contributed by atoms with van der Waals surface area (Å²) in [4.78, 5) is 12.3. The predicted octanol–water partition coefficient (Wildman–Crippen LogP) is 2.64. The summed E-state index contributed by atoms with van der Waals surface area (Å²) in [6, 6.07) is 12.9. The van der Waals surface area contributed by atoms with Gasteiger partial charge in [-0.15, -0.1) is 10.2 Å². The highest BCUT2D eigenvalue weighted by Gasteiger charge is 2.11. The van der Waals surface area contributed by atoms with Crippen LogP contribution in [0.3, 0.4) is 0 Å². The molecule has 4 rings (SSSR count). The van der Waals surface area contributed by atoms with E-state index in [1.165, 1.54) is 0 Å². The third-order valence-corrected chi connectivity index (χ3v) is 5.31. The second-order valence-corrected chi connectivity index (χ2v) is 7.25. The molecule has 2 aromatic carbocycles. The molecule has 0 aliphatic carbocycles. The fourth-order valence-electron chi connectivity index (χ4n) is 2.67. The lowest BCUT2D eigenvalue weighted by Gasteiger charge is -2.18. The number of nitrogens with one attached hydrogen (secondary N) is 1. The number of hydrogen-bond acceptors (Lipinski definition) is 7. The van der Waals surface area contributed by atoms with E-state index in [2.05, 4.69) is 20.7 Å². The number of carbonyl (C=O) groups excluding carboxylic acids is 1. The highest BCUT2D eigenvalue weighted by molar-refractivity contribution is 7.98. The van der Waals surface area contributed by atoms with Gasteiger partial charge in [-0.05, 0) is 41.5 Å². The van der Waals surface area contributed by atoms with Crippen molar-refractivity contribution < 1.29 is 14.3 Å². The fourth-order valence-corrected chi connectivity index (χ4v) is 3.52. The molecule has 8 nitrogen and oxygen atoms in total. The molecule has 0 saturated carbocycles. The van der Waals surface area contributed by atoms with Crippen molar-refractivity contribution in [3.63, 3.8) is 0 Å². The maximum absolute atomic E-state index is 12.3. The van der Waals surface area contributed by atoms with Crippen molar-refractivity contribution in [2.45, 2.75) is 10.9 Å². The van der Waals surface area contributed by atoms with Gasteiger partial charge in [0.05, 0.1) is 6.21 Å². The van der Waals surface area contributed by atoms with Crippen LogP contribution >= 0.6 is 11.8 Å². The zero-order valence-corrected chi connectivity index (χ0v) is 16.6. The Morgan fingerprint density at radius 1 is 1.21 bits per heavy atom. The molecule has 0 saturated heterocycles. The van der Waals surface area contributed by atoms with E-state index < -0.39 is 0 Å². The monoisotopic (exact) mass is 409 g/mol. The van der Waals surface area contributed by atoms with Crippen molar-refractivity contribution in [1.29, 1.82) is 0 Å². The summed E-state index contributed by atoms with van der Waals surface area (Å²) < 4.78 is 12.9. The van der Waals surface area contributed by atoms with E-state index in [0.29, 0.717) is 24.5 Å². The number of carbonyl (C=O) groups is 1. The summed E-state index contributed by atoms with van der Waals surface area (Å²) in [6.45, 7) is 1.08. The Bertz CT molecular complexity index is 1030. The zero-order chi connectivity index (χ0) is 20.1. The normalized spacial score (nSPS) is 12.9. The van der Waals surface area contributed by atoms with Crippen molar-refractivity contribution in [3.05, 3.63) is 65.5 Å². The molecule has 0 spiro atoms. The molecule has 0 bridgehead atoms. The predicted molar refractivity (Wildman–Crippen MR) is 109 cm³/mol. The molecular formula is C20H19N5O3S. The highest BCUT2D eigenvalue weighted by atomic mass is 32.2. The van der Waals surface area contributed by atoms with Crippen LogP contribution in [-0.4, -0.2) is 40.1 Å². The molecule has 1 aliphatic heterocycles. The number of thioether (sulfide) groups is 1. The van der Waals surface area contributed by atoms with Crippen LogP contribution in [0.1, 0.15) is 21.5 Å². The molecule has 1 amide bonds. The minimum Gasteiger partial charge on any atom is -0.486 e. The number of nitrogens with zero attached hydrogens (tertiary/aromatic N) is 4. The molecule has 1 aliphatic rings. The first-order chi connectivity index (χ1) is 14.2. The van der Waals surface area contributed by atoms with Crippen molar-refractivity contribution in [1.82, 2.24) is 20.2 Å². The Morgan fingerprint density at radius 3 is 2.76 bits per heavy atom. The molecule has 1 N–H and O–H groups in total. The van der Waals surface area contributed by atoms with Gasteiger partial charge in [0.2, 0.25) is 0 Å². The molecule has 0 radical (unpaired) electrons.